The van der Waals surface area contributed by atoms with E-state index >= 15 is 0 Å². The Balaban J connectivity index is 2.30. The van der Waals surface area contributed by atoms with Crippen molar-refractivity contribution in [1.82, 2.24) is 4.90 Å². The van der Waals surface area contributed by atoms with Crippen LogP contribution in [0.1, 0.15) is 53.9 Å². The van der Waals surface area contributed by atoms with Gasteiger partial charge in [0.05, 0.1) is 0 Å². The molecule has 1 aliphatic heterocycles. The third kappa shape index (κ3) is 5.11. The number of hydrogen-bond acceptors (Lipinski definition) is 2. The van der Waals surface area contributed by atoms with Crippen LogP contribution < -0.4 is 5.73 Å². The summed E-state index contributed by atoms with van der Waals surface area (Å²) in [6.07, 6.45) is 6.18. The number of nitrogens with two attached hydrogens (primary N) is 1. The third-order valence-electron chi connectivity index (χ3n) is 4.14. The van der Waals surface area contributed by atoms with E-state index < -0.39 is 0 Å². The van der Waals surface area contributed by atoms with Gasteiger partial charge >= 0.3 is 0 Å². The highest BCUT2D eigenvalue weighted by Gasteiger charge is 2.21. The van der Waals surface area contributed by atoms with Crippen molar-refractivity contribution in [3.63, 3.8) is 0 Å². The highest BCUT2D eigenvalue weighted by Crippen LogP contribution is 2.30. The highest BCUT2D eigenvalue weighted by atomic mass is 15.1. The Kier molecular flexibility index (Phi) is 5.42. The van der Waals surface area contributed by atoms with Gasteiger partial charge in [0.1, 0.15) is 0 Å². The second-order valence-electron chi connectivity index (χ2n) is 7.50. The molecule has 106 valence electrons. The molecule has 1 heterocycles. The van der Waals surface area contributed by atoms with Crippen molar-refractivity contribution in [1.29, 1.82) is 0 Å². The average molecular weight is 252 g/mol. The quantitative estimate of drug-likeness (QED) is 0.760. The predicted molar refractivity (Wildman–Crippen MR) is 80.7 cm³/mol. The predicted octanol–water partition coefficient (Wildman–Crippen LogP) is 3.43. The van der Waals surface area contributed by atoms with Crippen LogP contribution in [0, 0.1) is 10.8 Å². The molecule has 0 atom stereocenters. The molecule has 2 nitrogen and oxygen atoms in total. The van der Waals surface area contributed by atoms with Gasteiger partial charge < -0.3 is 5.73 Å². The lowest BCUT2D eigenvalue weighted by molar-refractivity contribution is 0.248. The van der Waals surface area contributed by atoms with Crippen molar-refractivity contribution >= 4 is 0 Å². The Hall–Kier alpha value is -0.340. The molecule has 2 N–H and O–H groups in total. The van der Waals surface area contributed by atoms with Crippen molar-refractivity contribution in [3.05, 3.63) is 11.6 Å². The van der Waals surface area contributed by atoms with E-state index in [0.29, 0.717) is 10.8 Å². The minimum absolute atomic E-state index is 0.308. The largest absolute Gasteiger partial charge is 0.330 e. The first-order valence-electron chi connectivity index (χ1n) is 7.36. The summed E-state index contributed by atoms with van der Waals surface area (Å²) < 4.78 is 0. The summed E-state index contributed by atoms with van der Waals surface area (Å²) in [7, 11) is 0. The maximum Gasteiger partial charge on any atom is 0.0166 e. The standard InChI is InChI=1S/C16H32N2/c1-15(2,3)14-7-11-18(12-8-14)10-6-9-16(4,5)13-17/h7H,6,8-13,17H2,1-5H3. The molecule has 0 spiro atoms. The SMILES string of the molecule is CC(C)(CN)CCCN1CC=C(C(C)(C)C)CC1. The van der Waals surface area contributed by atoms with Gasteiger partial charge in [-0.05, 0) is 43.2 Å². The molecule has 0 aromatic carbocycles. The van der Waals surface area contributed by atoms with Crippen molar-refractivity contribution in [2.24, 2.45) is 16.6 Å². The topological polar surface area (TPSA) is 29.3 Å². The van der Waals surface area contributed by atoms with E-state index in [1.165, 1.54) is 32.4 Å². The Morgan fingerprint density at radius 2 is 1.89 bits per heavy atom. The fraction of sp³-hybridized carbons (Fsp3) is 0.875. The van der Waals surface area contributed by atoms with Crippen LogP contribution in [0.25, 0.3) is 0 Å². The third-order valence-corrected chi connectivity index (χ3v) is 4.14. The maximum absolute atomic E-state index is 5.77. The van der Waals surface area contributed by atoms with Crippen LogP contribution in [0.15, 0.2) is 11.6 Å². The molecule has 0 radical (unpaired) electrons. The van der Waals surface area contributed by atoms with E-state index in [-0.39, 0.29) is 0 Å². The van der Waals surface area contributed by atoms with Crippen molar-refractivity contribution < 1.29 is 0 Å². The Labute approximate surface area is 114 Å². The number of nitrogens with zero attached hydrogens (tertiary/aromatic N) is 1. The smallest absolute Gasteiger partial charge is 0.0166 e. The van der Waals surface area contributed by atoms with Gasteiger partial charge in [-0.25, -0.2) is 0 Å². The minimum Gasteiger partial charge on any atom is -0.330 e. The van der Waals surface area contributed by atoms with E-state index in [0.717, 1.165) is 13.1 Å². The lowest BCUT2D eigenvalue weighted by Crippen LogP contribution is -2.33. The zero-order valence-electron chi connectivity index (χ0n) is 13.1. The molecule has 0 aromatic heterocycles. The summed E-state index contributed by atoms with van der Waals surface area (Å²) in [5.41, 5.74) is 8.06. The fourth-order valence-corrected chi connectivity index (χ4v) is 2.48. The van der Waals surface area contributed by atoms with Gasteiger partial charge in [-0.15, -0.1) is 0 Å². The van der Waals surface area contributed by atoms with E-state index in [2.05, 4.69) is 45.6 Å². The highest BCUT2D eigenvalue weighted by molar-refractivity contribution is 5.14. The average Bonchev–Trinajstić information content (AvgIpc) is 2.28. The lowest BCUT2D eigenvalue weighted by atomic mass is 9.83. The first kappa shape index (κ1) is 15.7. The molecule has 0 aliphatic carbocycles. The molecule has 0 aromatic rings. The van der Waals surface area contributed by atoms with Gasteiger partial charge in [0.25, 0.3) is 0 Å². The Morgan fingerprint density at radius 1 is 1.22 bits per heavy atom. The molecule has 0 saturated carbocycles. The lowest BCUT2D eigenvalue weighted by Gasteiger charge is -2.32. The van der Waals surface area contributed by atoms with Gasteiger partial charge in [-0.3, -0.25) is 4.90 Å². The molecule has 0 bridgehead atoms. The molecule has 1 aliphatic rings. The Morgan fingerprint density at radius 3 is 2.33 bits per heavy atom. The number of rotatable bonds is 5. The number of hydrogen-bond donors (Lipinski definition) is 1. The summed E-state index contributed by atoms with van der Waals surface area (Å²) in [6, 6.07) is 0. The van der Waals surface area contributed by atoms with Crippen LogP contribution in [0.3, 0.4) is 0 Å². The van der Waals surface area contributed by atoms with Crippen LogP contribution in [0.5, 0.6) is 0 Å². The minimum atomic E-state index is 0.308. The molecule has 18 heavy (non-hydrogen) atoms. The van der Waals surface area contributed by atoms with Crippen LogP contribution in [-0.4, -0.2) is 31.1 Å². The molecule has 0 fully saturated rings. The Bertz CT molecular complexity index is 284. The van der Waals surface area contributed by atoms with E-state index in [4.69, 9.17) is 5.73 Å². The first-order valence-corrected chi connectivity index (χ1v) is 7.36. The van der Waals surface area contributed by atoms with E-state index in [9.17, 15) is 0 Å². The maximum atomic E-state index is 5.77. The van der Waals surface area contributed by atoms with Gasteiger partial charge in [0, 0.05) is 13.1 Å². The van der Waals surface area contributed by atoms with E-state index in [1.54, 1.807) is 5.57 Å². The van der Waals surface area contributed by atoms with Crippen molar-refractivity contribution in [2.75, 3.05) is 26.2 Å². The molecular formula is C16H32N2. The molecule has 0 amide bonds. The van der Waals surface area contributed by atoms with Crippen LogP contribution in [0.4, 0.5) is 0 Å². The molecule has 0 saturated heterocycles. The van der Waals surface area contributed by atoms with Crippen LogP contribution in [-0.2, 0) is 0 Å². The van der Waals surface area contributed by atoms with Gasteiger partial charge in [0.15, 0.2) is 0 Å². The zero-order chi connectivity index (χ0) is 13.8. The second-order valence-corrected chi connectivity index (χ2v) is 7.50. The van der Waals surface area contributed by atoms with Crippen LogP contribution in [0.2, 0.25) is 0 Å². The summed E-state index contributed by atoms with van der Waals surface area (Å²) >= 11 is 0. The van der Waals surface area contributed by atoms with Crippen molar-refractivity contribution in [3.8, 4) is 0 Å². The first-order chi connectivity index (χ1) is 8.24. The molecular weight excluding hydrogens is 220 g/mol. The summed E-state index contributed by atoms with van der Waals surface area (Å²) in [5, 5.41) is 0. The summed E-state index contributed by atoms with van der Waals surface area (Å²) in [5.74, 6) is 0. The van der Waals surface area contributed by atoms with Gasteiger partial charge in [0.2, 0.25) is 0 Å². The van der Waals surface area contributed by atoms with Gasteiger partial charge in [-0.1, -0.05) is 46.3 Å². The normalized spacial score (nSPS) is 18.9. The fourth-order valence-electron chi connectivity index (χ4n) is 2.48. The molecule has 2 heteroatoms. The van der Waals surface area contributed by atoms with E-state index in [1.807, 2.05) is 0 Å². The zero-order valence-corrected chi connectivity index (χ0v) is 13.1. The molecule has 1 rings (SSSR count). The molecule has 0 unspecified atom stereocenters. The monoisotopic (exact) mass is 252 g/mol. The van der Waals surface area contributed by atoms with Gasteiger partial charge in [-0.2, -0.15) is 0 Å². The summed E-state index contributed by atoms with van der Waals surface area (Å²) in [6.45, 7) is 15.9. The van der Waals surface area contributed by atoms with Crippen molar-refractivity contribution in [2.45, 2.75) is 53.9 Å². The van der Waals surface area contributed by atoms with Crippen LogP contribution >= 0.6 is 0 Å². The second kappa shape index (κ2) is 6.21. The summed E-state index contributed by atoms with van der Waals surface area (Å²) in [4.78, 5) is 2.57.